The molecule has 2 aliphatic heterocycles. The molecule has 0 aliphatic carbocycles. The van der Waals surface area contributed by atoms with Crippen molar-refractivity contribution in [2.24, 2.45) is 0 Å². The molecule has 2 N–H and O–H groups in total. The molecule has 0 unspecified atom stereocenters. The molecule has 332 valence electrons. The number of nitrogens with one attached hydrogen (secondary N) is 2. The van der Waals surface area contributed by atoms with Crippen molar-refractivity contribution in [2.75, 3.05) is 39.3 Å². The predicted octanol–water partition coefficient (Wildman–Crippen LogP) is 10.1. The van der Waals surface area contributed by atoms with Gasteiger partial charge in [0.1, 0.15) is 0 Å². The number of halogens is 6. The largest absolute Gasteiger partial charge is 0.418 e. The Kier molecular flexibility index (Phi) is 15.2. The van der Waals surface area contributed by atoms with Gasteiger partial charge in [0.15, 0.2) is 0 Å². The summed E-state index contributed by atoms with van der Waals surface area (Å²) < 4.78 is 93.1. The monoisotopic (exact) mass is 890 g/mol. The van der Waals surface area contributed by atoms with E-state index in [4.69, 9.17) is 0 Å². The molecule has 2 fully saturated rings. The summed E-state index contributed by atoms with van der Waals surface area (Å²) in [5.74, 6) is -1.02. The Morgan fingerprint density at radius 1 is 0.619 bits per heavy atom. The van der Waals surface area contributed by atoms with Crippen LogP contribution in [0.5, 0.6) is 0 Å². The predicted molar refractivity (Wildman–Crippen MR) is 232 cm³/mol. The van der Waals surface area contributed by atoms with Gasteiger partial charge in [-0.3, -0.25) is 19.2 Å². The number of hydrogen-bond acceptors (Lipinski definition) is 5. The summed E-state index contributed by atoms with van der Waals surface area (Å²) in [6, 6.07) is 17.6. The van der Waals surface area contributed by atoms with E-state index in [9.17, 15) is 19.2 Å². The number of likely N-dealkylation sites (tertiary alicyclic amines) is 2. The highest BCUT2D eigenvalue weighted by molar-refractivity contribution is 7.99. The Hall–Kier alpha value is -5.83. The van der Waals surface area contributed by atoms with Gasteiger partial charge < -0.3 is 20.4 Å². The van der Waals surface area contributed by atoms with Gasteiger partial charge >= 0.3 is 12.4 Å². The minimum absolute atomic E-state index is 0.0266. The third-order valence-corrected chi connectivity index (χ3v) is 12.1. The average molecular weight is 891 g/mol. The standard InChI is InChI=1S/C48H48F6N4O4S/c1-31-11-3-5-13-35(31)43-33(19-23-39(59)55-25-9-29-57-27-7-15-41(57)61)17-21-37(45(43)47(49,50)51)63-38-22-18-34(20-24-40(60)56-26-10-30-58-28-8-16-42(58)62)44(46(38)48(52,53)54)36-14-6-4-12-32(36)2/h3-6,11-14,17-24H,7-10,15-16,25-30H2,1-2H3,(H,55,59)(H,56,60). The number of hydrogen-bond donors (Lipinski definition) is 2. The first kappa shape index (κ1) is 46.7. The van der Waals surface area contributed by atoms with E-state index in [0.29, 0.717) is 74.8 Å². The van der Waals surface area contributed by atoms with Crippen LogP contribution in [0.3, 0.4) is 0 Å². The second-order valence-electron chi connectivity index (χ2n) is 15.5. The second kappa shape index (κ2) is 20.6. The fourth-order valence-corrected chi connectivity index (χ4v) is 9.06. The summed E-state index contributed by atoms with van der Waals surface area (Å²) in [5.41, 5.74) is -1.57. The molecule has 2 aliphatic rings. The molecule has 0 bridgehead atoms. The molecular weight excluding hydrogens is 843 g/mol. The quantitative estimate of drug-likeness (QED) is 0.0664. The molecule has 0 spiro atoms. The molecular formula is C48H48F6N4O4S. The first-order valence-corrected chi connectivity index (χ1v) is 21.6. The Bertz CT molecular complexity index is 2250. The lowest BCUT2D eigenvalue weighted by atomic mass is 9.90. The van der Waals surface area contributed by atoms with Crippen molar-refractivity contribution >= 4 is 47.5 Å². The number of rotatable bonds is 16. The number of aryl methyl sites for hydroxylation is 2. The van der Waals surface area contributed by atoms with Crippen LogP contribution in [0, 0.1) is 13.8 Å². The zero-order chi connectivity index (χ0) is 45.3. The Morgan fingerprint density at radius 2 is 1.02 bits per heavy atom. The van der Waals surface area contributed by atoms with E-state index < -0.39 is 45.1 Å². The molecule has 0 radical (unpaired) electrons. The van der Waals surface area contributed by atoms with Gasteiger partial charge in [-0.2, -0.15) is 26.3 Å². The highest BCUT2D eigenvalue weighted by atomic mass is 32.2. The van der Waals surface area contributed by atoms with Crippen molar-refractivity contribution in [3.8, 4) is 22.3 Å². The SMILES string of the molecule is Cc1ccccc1-c1c(C=CC(=O)NCCCN2CCCC2=O)ccc(Sc2ccc(C=CC(=O)NCCCN3CCCC3=O)c(-c3ccccc3C)c2C(F)(F)F)c1C(F)(F)F. The Labute approximate surface area is 366 Å². The molecule has 4 aromatic carbocycles. The van der Waals surface area contributed by atoms with Gasteiger partial charge in [0, 0.05) is 85.2 Å². The van der Waals surface area contributed by atoms with Gasteiger partial charge in [0.2, 0.25) is 23.6 Å². The molecule has 2 heterocycles. The minimum Gasteiger partial charge on any atom is -0.352 e. The van der Waals surface area contributed by atoms with E-state index in [-0.39, 0.29) is 58.3 Å². The topological polar surface area (TPSA) is 98.8 Å². The third kappa shape index (κ3) is 11.8. The van der Waals surface area contributed by atoms with Crippen LogP contribution >= 0.6 is 11.8 Å². The number of alkyl halides is 6. The molecule has 6 rings (SSSR count). The minimum atomic E-state index is -5.06. The Balaban J connectivity index is 1.36. The number of carbonyl (C=O) groups is 4. The summed E-state index contributed by atoms with van der Waals surface area (Å²) in [6.07, 6.45) is -1.84. The van der Waals surface area contributed by atoms with Gasteiger partial charge in [-0.05, 0) is 97.2 Å². The van der Waals surface area contributed by atoms with Gasteiger partial charge in [-0.1, -0.05) is 72.4 Å². The molecule has 0 aromatic heterocycles. The van der Waals surface area contributed by atoms with Crippen molar-refractivity contribution in [1.82, 2.24) is 20.4 Å². The zero-order valence-electron chi connectivity index (χ0n) is 34.9. The molecule has 63 heavy (non-hydrogen) atoms. The average Bonchev–Trinajstić information content (AvgIpc) is 3.85. The maximum absolute atomic E-state index is 15.5. The van der Waals surface area contributed by atoms with Crippen molar-refractivity contribution in [3.05, 3.63) is 118 Å². The van der Waals surface area contributed by atoms with Gasteiger partial charge in [0.05, 0.1) is 11.1 Å². The van der Waals surface area contributed by atoms with E-state index >= 15 is 26.3 Å². The maximum Gasteiger partial charge on any atom is 0.418 e. The number of benzene rings is 4. The highest BCUT2D eigenvalue weighted by Gasteiger charge is 2.41. The van der Waals surface area contributed by atoms with Gasteiger partial charge in [0.25, 0.3) is 0 Å². The molecule has 0 saturated carbocycles. The lowest BCUT2D eigenvalue weighted by molar-refractivity contribution is -0.139. The number of carbonyl (C=O) groups excluding carboxylic acids is 4. The molecule has 8 nitrogen and oxygen atoms in total. The first-order valence-electron chi connectivity index (χ1n) is 20.8. The highest BCUT2D eigenvalue weighted by Crippen LogP contribution is 2.51. The smallest absolute Gasteiger partial charge is 0.352 e. The van der Waals surface area contributed by atoms with E-state index in [2.05, 4.69) is 10.6 Å². The Morgan fingerprint density at radius 3 is 1.37 bits per heavy atom. The van der Waals surface area contributed by atoms with E-state index in [1.54, 1.807) is 60.0 Å². The number of amides is 4. The summed E-state index contributed by atoms with van der Waals surface area (Å²) >= 11 is 0.336. The van der Waals surface area contributed by atoms with Crippen molar-refractivity contribution < 1.29 is 45.5 Å². The molecule has 0 atom stereocenters. The molecule has 15 heteroatoms. The normalized spacial score (nSPS) is 14.7. The van der Waals surface area contributed by atoms with Crippen LogP contribution in [0.4, 0.5) is 26.3 Å². The van der Waals surface area contributed by atoms with E-state index in [1.807, 2.05) is 0 Å². The van der Waals surface area contributed by atoms with Crippen LogP contribution in [-0.4, -0.2) is 72.7 Å². The fourth-order valence-electron chi connectivity index (χ4n) is 7.91. The van der Waals surface area contributed by atoms with Crippen LogP contribution in [0.25, 0.3) is 34.4 Å². The second-order valence-corrected chi connectivity index (χ2v) is 16.5. The van der Waals surface area contributed by atoms with E-state index in [1.165, 1.54) is 36.4 Å². The van der Waals surface area contributed by atoms with Crippen molar-refractivity contribution in [2.45, 2.75) is 74.5 Å². The van der Waals surface area contributed by atoms with E-state index in [0.717, 1.165) is 37.1 Å². The molecule has 4 amide bonds. The van der Waals surface area contributed by atoms with Gasteiger partial charge in [-0.25, -0.2) is 0 Å². The summed E-state index contributed by atoms with van der Waals surface area (Å²) in [7, 11) is 0. The lowest BCUT2D eigenvalue weighted by Crippen LogP contribution is -2.29. The summed E-state index contributed by atoms with van der Waals surface area (Å²) in [4.78, 5) is 52.0. The molecule has 2 saturated heterocycles. The van der Waals surface area contributed by atoms with Crippen molar-refractivity contribution in [3.63, 3.8) is 0 Å². The fraction of sp³-hybridized carbons (Fsp3) is 0.333. The van der Waals surface area contributed by atoms with Crippen LogP contribution in [0.15, 0.2) is 94.7 Å². The summed E-state index contributed by atoms with van der Waals surface area (Å²) in [5, 5.41) is 5.40. The lowest BCUT2D eigenvalue weighted by Gasteiger charge is -2.24. The van der Waals surface area contributed by atoms with Crippen LogP contribution < -0.4 is 10.6 Å². The first-order chi connectivity index (χ1) is 30.0. The number of nitrogens with zero attached hydrogens (tertiary/aromatic N) is 2. The van der Waals surface area contributed by atoms with Gasteiger partial charge in [-0.15, -0.1) is 0 Å². The van der Waals surface area contributed by atoms with Crippen LogP contribution in [0.1, 0.15) is 71.9 Å². The maximum atomic E-state index is 15.5. The summed E-state index contributed by atoms with van der Waals surface area (Å²) in [6.45, 7) is 5.97. The van der Waals surface area contributed by atoms with Crippen LogP contribution in [0.2, 0.25) is 0 Å². The zero-order valence-corrected chi connectivity index (χ0v) is 35.7. The molecule has 4 aromatic rings. The van der Waals surface area contributed by atoms with Crippen molar-refractivity contribution in [1.29, 1.82) is 0 Å². The van der Waals surface area contributed by atoms with Crippen LogP contribution in [-0.2, 0) is 31.5 Å². The third-order valence-electron chi connectivity index (χ3n) is 11.0.